The van der Waals surface area contributed by atoms with Crippen molar-refractivity contribution in [2.24, 2.45) is 0 Å². The molecule has 0 aliphatic heterocycles. The molecule has 0 saturated carbocycles. The maximum absolute atomic E-state index is 12.9. The molecule has 0 radical (unpaired) electrons. The number of hydrogen-bond donors (Lipinski definition) is 0. The van der Waals surface area contributed by atoms with Crippen molar-refractivity contribution in [3.05, 3.63) is 125 Å². The van der Waals surface area contributed by atoms with E-state index in [4.69, 9.17) is 15.0 Å². The summed E-state index contributed by atoms with van der Waals surface area (Å²) in [7, 11) is 0. The van der Waals surface area contributed by atoms with Crippen molar-refractivity contribution in [1.82, 2.24) is 15.0 Å². The molecule has 0 spiro atoms. The minimum absolute atomic E-state index is 0.0120. The van der Waals surface area contributed by atoms with Crippen molar-refractivity contribution < 1.29 is 4.79 Å². The van der Waals surface area contributed by atoms with Crippen LogP contribution < -0.4 is 0 Å². The molecule has 4 nitrogen and oxygen atoms in total. The summed E-state index contributed by atoms with van der Waals surface area (Å²) in [6, 6.07) is 33.7. The van der Waals surface area contributed by atoms with Gasteiger partial charge in [-0.15, -0.1) is 0 Å². The van der Waals surface area contributed by atoms with Crippen molar-refractivity contribution in [1.29, 1.82) is 0 Å². The Hall–Kier alpha value is -4.44. The quantitative estimate of drug-likeness (QED) is 0.215. The molecular weight excluding hydrogens is 490 g/mol. The zero-order chi connectivity index (χ0) is 28.5. The minimum Gasteiger partial charge on any atom is -0.289 e. The lowest BCUT2D eigenvalue weighted by Gasteiger charge is -2.19. The predicted molar refractivity (Wildman–Crippen MR) is 163 cm³/mol. The second kappa shape index (κ2) is 10.6. The average Bonchev–Trinajstić information content (AvgIpc) is 2.96. The summed E-state index contributed by atoms with van der Waals surface area (Å²) in [5, 5.41) is 0. The van der Waals surface area contributed by atoms with Gasteiger partial charge in [0, 0.05) is 27.8 Å². The molecule has 0 N–H and O–H groups in total. The van der Waals surface area contributed by atoms with Crippen LogP contribution in [-0.2, 0) is 10.8 Å². The van der Waals surface area contributed by atoms with Crippen LogP contribution in [0, 0.1) is 0 Å². The normalized spacial score (nSPS) is 11.8. The highest BCUT2D eigenvalue weighted by atomic mass is 16.1. The molecule has 1 aromatic heterocycles. The smallest absolute Gasteiger partial charge is 0.193 e. The molecule has 0 amide bonds. The van der Waals surface area contributed by atoms with E-state index in [1.165, 1.54) is 11.1 Å². The molecule has 0 aliphatic rings. The van der Waals surface area contributed by atoms with Crippen molar-refractivity contribution in [3.63, 3.8) is 0 Å². The molecule has 5 rings (SSSR count). The molecule has 200 valence electrons. The maximum Gasteiger partial charge on any atom is 0.193 e. The van der Waals surface area contributed by atoms with Crippen molar-refractivity contribution in [2.75, 3.05) is 0 Å². The lowest BCUT2D eigenvalue weighted by atomic mass is 9.86. The molecule has 40 heavy (non-hydrogen) atoms. The van der Waals surface area contributed by atoms with Gasteiger partial charge in [-0.25, -0.2) is 15.0 Å². The van der Waals surface area contributed by atoms with E-state index in [1.54, 1.807) is 0 Å². The molecule has 0 aliphatic carbocycles. The van der Waals surface area contributed by atoms with Crippen LogP contribution in [0.15, 0.2) is 103 Å². The first-order valence-corrected chi connectivity index (χ1v) is 13.7. The largest absolute Gasteiger partial charge is 0.289 e. The highest BCUT2D eigenvalue weighted by Crippen LogP contribution is 2.29. The maximum atomic E-state index is 12.9. The molecular formula is C36H35N3O. The summed E-state index contributed by atoms with van der Waals surface area (Å²) in [5.74, 6) is 1.79. The molecule has 0 saturated heterocycles. The first-order chi connectivity index (χ1) is 19.0. The Kier molecular flexibility index (Phi) is 7.20. The van der Waals surface area contributed by atoms with Crippen molar-refractivity contribution >= 4 is 5.78 Å². The Bertz CT molecular complexity index is 1550. The van der Waals surface area contributed by atoms with Gasteiger partial charge in [-0.3, -0.25) is 4.79 Å². The summed E-state index contributed by atoms with van der Waals surface area (Å²) in [6.45, 7) is 13.2. The standard InChI is InChI=1S/C36H35N3O/c1-35(2,3)29-20-16-27(17-21-29)33-37-32(38-34(39-33)28-18-22-30(23-19-28)36(4,5)6)26-14-12-25(13-15-26)31(40)24-10-8-7-9-11-24/h7-23H,1-6H3. The monoisotopic (exact) mass is 525 g/mol. The van der Waals surface area contributed by atoms with Gasteiger partial charge in [-0.1, -0.05) is 145 Å². The van der Waals surface area contributed by atoms with E-state index in [0.29, 0.717) is 28.6 Å². The molecule has 0 atom stereocenters. The van der Waals surface area contributed by atoms with E-state index in [-0.39, 0.29) is 16.6 Å². The molecule has 1 heterocycles. The number of aromatic nitrogens is 3. The lowest BCUT2D eigenvalue weighted by molar-refractivity contribution is 0.103. The summed E-state index contributed by atoms with van der Waals surface area (Å²) in [6.07, 6.45) is 0. The fraction of sp³-hybridized carbons (Fsp3) is 0.222. The van der Waals surface area contributed by atoms with Gasteiger partial charge < -0.3 is 0 Å². The van der Waals surface area contributed by atoms with Crippen LogP contribution in [-0.4, -0.2) is 20.7 Å². The molecule has 4 aromatic carbocycles. The highest BCUT2D eigenvalue weighted by molar-refractivity contribution is 6.09. The Labute approximate surface area is 237 Å². The van der Waals surface area contributed by atoms with Gasteiger partial charge in [0.15, 0.2) is 23.3 Å². The third-order valence-electron chi connectivity index (χ3n) is 7.09. The van der Waals surface area contributed by atoms with Crippen LogP contribution in [0.25, 0.3) is 34.2 Å². The van der Waals surface area contributed by atoms with Gasteiger partial charge in [0.05, 0.1) is 0 Å². The molecule has 0 fully saturated rings. The van der Waals surface area contributed by atoms with E-state index in [2.05, 4.69) is 90.1 Å². The molecule has 0 unspecified atom stereocenters. The summed E-state index contributed by atoms with van der Waals surface area (Å²) >= 11 is 0. The fourth-order valence-corrected chi connectivity index (χ4v) is 4.53. The first-order valence-electron chi connectivity index (χ1n) is 13.7. The average molecular weight is 526 g/mol. The van der Waals surface area contributed by atoms with Crippen LogP contribution in [0.4, 0.5) is 0 Å². The Morgan fingerprint density at radius 2 is 0.775 bits per heavy atom. The predicted octanol–water partition coefficient (Wildman–Crippen LogP) is 8.70. The number of ketones is 1. The van der Waals surface area contributed by atoms with Crippen LogP contribution in [0.2, 0.25) is 0 Å². The molecule has 4 heteroatoms. The fourth-order valence-electron chi connectivity index (χ4n) is 4.53. The zero-order valence-electron chi connectivity index (χ0n) is 24.1. The molecule has 0 bridgehead atoms. The lowest BCUT2D eigenvalue weighted by Crippen LogP contribution is -2.10. The zero-order valence-corrected chi connectivity index (χ0v) is 24.1. The minimum atomic E-state index is -0.0120. The number of benzene rings is 4. The summed E-state index contributed by atoms with van der Waals surface area (Å²) < 4.78 is 0. The van der Waals surface area contributed by atoms with E-state index in [1.807, 2.05) is 54.6 Å². The van der Waals surface area contributed by atoms with Gasteiger partial charge in [0.2, 0.25) is 0 Å². The van der Waals surface area contributed by atoms with Crippen LogP contribution in [0.3, 0.4) is 0 Å². The van der Waals surface area contributed by atoms with Crippen LogP contribution in [0.5, 0.6) is 0 Å². The third kappa shape index (κ3) is 5.91. The Morgan fingerprint density at radius 3 is 1.12 bits per heavy atom. The van der Waals surface area contributed by atoms with E-state index in [9.17, 15) is 4.79 Å². The van der Waals surface area contributed by atoms with E-state index in [0.717, 1.165) is 16.7 Å². The number of nitrogens with zero attached hydrogens (tertiary/aromatic N) is 3. The van der Waals surface area contributed by atoms with Gasteiger partial charge in [-0.05, 0) is 22.0 Å². The van der Waals surface area contributed by atoms with Gasteiger partial charge >= 0.3 is 0 Å². The number of rotatable bonds is 5. The SMILES string of the molecule is CC(C)(C)c1ccc(-c2nc(-c3ccc(C(=O)c4ccccc4)cc3)nc(-c3ccc(C(C)(C)C)cc3)n2)cc1. The molecule has 5 aromatic rings. The third-order valence-corrected chi connectivity index (χ3v) is 7.09. The summed E-state index contributed by atoms with van der Waals surface area (Å²) in [5.41, 5.74) is 6.60. The number of carbonyl (C=O) groups excluding carboxylic acids is 1. The highest BCUT2D eigenvalue weighted by Gasteiger charge is 2.18. The Balaban J connectivity index is 1.56. The number of hydrogen-bond acceptors (Lipinski definition) is 4. The Morgan fingerprint density at radius 1 is 0.450 bits per heavy atom. The van der Waals surface area contributed by atoms with Crippen molar-refractivity contribution in [2.45, 2.75) is 52.4 Å². The first kappa shape index (κ1) is 27.1. The topological polar surface area (TPSA) is 55.7 Å². The van der Waals surface area contributed by atoms with Crippen LogP contribution in [0.1, 0.15) is 68.6 Å². The van der Waals surface area contributed by atoms with Gasteiger partial charge in [0.1, 0.15) is 0 Å². The van der Waals surface area contributed by atoms with Gasteiger partial charge in [0.25, 0.3) is 0 Å². The van der Waals surface area contributed by atoms with Gasteiger partial charge in [-0.2, -0.15) is 0 Å². The van der Waals surface area contributed by atoms with Crippen molar-refractivity contribution in [3.8, 4) is 34.2 Å². The number of carbonyl (C=O) groups is 1. The second-order valence-corrected chi connectivity index (χ2v) is 12.2. The van der Waals surface area contributed by atoms with E-state index >= 15 is 0 Å². The summed E-state index contributed by atoms with van der Waals surface area (Å²) in [4.78, 5) is 27.6. The van der Waals surface area contributed by atoms with Crippen LogP contribution >= 0.6 is 0 Å². The second-order valence-electron chi connectivity index (χ2n) is 12.2. The van der Waals surface area contributed by atoms with E-state index < -0.39 is 0 Å².